The fourth-order valence-electron chi connectivity index (χ4n) is 9.09. The number of amides is 6. The molecular formula is C47H66N4O13Si. The number of allylic oxidation sites excluding steroid dienone is 3. The second-order valence-electron chi connectivity index (χ2n) is 19.3. The van der Waals surface area contributed by atoms with Crippen molar-refractivity contribution < 1.29 is 61.7 Å². The Morgan fingerprint density at radius 3 is 2.37 bits per heavy atom. The number of carbonyl (C=O) groups excluding carboxylic acids is 7. The summed E-state index contributed by atoms with van der Waals surface area (Å²) in [6, 6.07) is 3.30. The highest BCUT2D eigenvalue weighted by atomic mass is 28.4. The number of imide groups is 2. The predicted octanol–water partition coefficient (Wildman–Crippen LogP) is 4.99. The Kier molecular flexibility index (Phi) is 16.5. The molecule has 0 bridgehead atoms. The lowest BCUT2D eigenvalue weighted by atomic mass is 9.65. The number of fused-ring (bicyclic) bond motifs is 2. The Bertz CT molecular complexity index is 2030. The summed E-state index contributed by atoms with van der Waals surface area (Å²) in [4.78, 5) is 89.3. The van der Waals surface area contributed by atoms with Gasteiger partial charge in [-0.15, -0.1) is 0 Å². The summed E-state index contributed by atoms with van der Waals surface area (Å²) in [7, 11) is -2.05. The molecule has 0 spiro atoms. The minimum Gasteiger partial charge on any atom is -0.483 e. The standard InChI is InChI=1S/C47H66N4O13Si/c1-28-23-30-12-11-29(2)33(14-13-31-25-32(26-40(54)62-31)64-65(6,7)47(3,4)5)41(30)37(24-28)63-46(58)49-18-20-60-22-21-59-19-17-48-39(53)27-61-36-10-8-9-34-42(36)45(57)51(44(34)56)35-15-16-38(52)50-43(35)55/h8-12,23,28-29,31-33,35,37,41H,13-22,24-27H2,1-7H3,(H,48,53)(H,49,58)(H,50,52,55)/t28-,29-,31+,32+,33-,35?,37-,41-/m0/s1. The lowest BCUT2D eigenvalue weighted by Crippen LogP contribution is -2.54. The van der Waals surface area contributed by atoms with E-state index in [1.807, 2.05) is 0 Å². The third-order valence-corrected chi connectivity index (χ3v) is 17.9. The van der Waals surface area contributed by atoms with Gasteiger partial charge in [0, 0.05) is 31.8 Å². The SMILES string of the molecule is C[C@H]1C=C2C=C[C@H](C)[C@H](CC[C@@H]3C[C@@H](O[Si](C)(C)C(C)(C)C)CC(=O)O3)[C@H]2[C@@H](OC(=O)NCCOCCOCCNC(=O)COc2cccc3c2C(=O)N(C2CCC(=O)NC2=O)C3=O)C1. The van der Waals surface area contributed by atoms with E-state index in [-0.39, 0.29) is 122 Å². The van der Waals surface area contributed by atoms with Crippen LogP contribution in [0.2, 0.25) is 18.1 Å². The lowest BCUT2D eigenvalue weighted by Gasteiger charge is -2.44. The molecule has 0 aromatic heterocycles. The lowest BCUT2D eigenvalue weighted by molar-refractivity contribution is -0.160. The van der Waals surface area contributed by atoms with Crippen molar-refractivity contribution in [3.63, 3.8) is 0 Å². The number of rotatable bonds is 19. The van der Waals surface area contributed by atoms with Gasteiger partial charge in [0.1, 0.15) is 24.0 Å². The molecule has 6 amide bonds. The molecule has 1 aromatic rings. The van der Waals surface area contributed by atoms with Crippen LogP contribution in [0.5, 0.6) is 5.75 Å². The van der Waals surface area contributed by atoms with Crippen molar-refractivity contribution in [2.24, 2.45) is 23.7 Å². The number of alkyl carbamates (subject to hydrolysis) is 1. The molecule has 1 aromatic carbocycles. The van der Waals surface area contributed by atoms with Crippen LogP contribution in [0, 0.1) is 23.7 Å². The largest absolute Gasteiger partial charge is 0.483 e. The van der Waals surface area contributed by atoms with Crippen LogP contribution in [0.25, 0.3) is 0 Å². The van der Waals surface area contributed by atoms with Crippen molar-refractivity contribution in [2.75, 3.05) is 46.1 Å². The van der Waals surface area contributed by atoms with Crippen molar-refractivity contribution in [1.82, 2.24) is 20.9 Å². The van der Waals surface area contributed by atoms with Crippen LogP contribution in [0.15, 0.2) is 42.0 Å². The number of hydrogen-bond donors (Lipinski definition) is 3. The maximum atomic E-state index is 13.2. The summed E-state index contributed by atoms with van der Waals surface area (Å²) in [5.41, 5.74) is 1.20. The van der Waals surface area contributed by atoms with Crippen molar-refractivity contribution in [3.8, 4) is 5.75 Å². The third-order valence-electron chi connectivity index (χ3n) is 13.4. The van der Waals surface area contributed by atoms with Gasteiger partial charge in [-0.1, -0.05) is 58.9 Å². The first-order valence-electron chi connectivity index (χ1n) is 22.9. The predicted molar refractivity (Wildman–Crippen MR) is 239 cm³/mol. The average Bonchev–Trinajstić information content (AvgIpc) is 3.48. The van der Waals surface area contributed by atoms with Gasteiger partial charge in [-0.2, -0.15) is 0 Å². The molecule has 3 heterocycles. The molecule has 2 aliphatic carbocycles. The van der Waals surface area contributed by atoms with E-state index in [0.29, 0.717) is 19.3 Å². The average molecular weight is 923 g/mol. The van der Waals surface area contributed by atoms with Crippen LogP contribution in [-0.2, 0) is 42.6 Å². The van der Waals surface area contributed by atoms with Crippen molar-refractivity contribution in [1.29, 1.82) is 0 Å². The van der Waals surface area contributed by atoms with Gasteiger partial charge in [-0.3, -0.25) is 39.0 Å². The minimum atomic E-state index is -2.05. The maximum absolute atomic E-state index is 13.2. The summed E-state index contributed by atoms with van der Waals surface area (Å²) in [5, 5.41) is 7.68. The molecule has 2 saturated heterocycles. The number of nitrogens with one attached hydrogen (secondary N) is 3. The Balaban J connectivity index is 0.857. The summed E-state index contributed by atoms with van der Waals surface area (Å²) in [5.74, 6) is -2.50. The van der Waals surface area contributed by atoms with E-state index in [9.17, 15) is 33.6 Å². The summed E-state index contributed by atoms with van der Waals surface area (Å²) in [6.45, 7) is 16.3. The highest BCUT2D eigenvalue weighted by Gasteiger charge is 2.47. The second-order valence-corrected chi connectivity index (χ2v) is 24.0. The van der Waals surface area contributed by atoms with E-state index in [4.69, 9.17) is 28.1 Å². The molecule has 5 aliphatic rings. The van der Waals surface area contributed by atoms with Gasteiger partial charge >= 0.3 is 12.1 Å². The molecule has 1 unspecified atom stereocenters. The van der Waals surface area contributed by atoms with Crippen molar-refractivity contribution >= 4 is 49.9 Å². The number of esters is 1. The number of piperidine rings is 1. The van der Waals surface area contributed by atoms with Crippen molar-refractivity contribution in [3.05, 3.63) is 53.1 Å². The highest BCUT2D eigenvalue weighted by Crippen LogP contribution is 2.46. The van der Waals surface area contributed by atoms with E-state index in [1.165, 1.54) is 23.8 Å². The first-order chi connectivity index (χ1) is 30.8. The second kappa shape index (κ2) is 21.6. The van der Waals surface area contributed by atoms with Gasteiger partial charge in [-0.05, 0) is 79.3 Å². The Morgan fingerprint density at radius 2 is 1.66 bits per heavy atom. The first kappa shape index (κ1) is 49.5. The van der Waals surface area contributed by atoms with E-state index in [1.54, 1.807) is 0 Å². The zero-order valence-electron chi connectivity index (χ0n) is 38.7. The molecular weight excluding hydrogens is 857 g/mol. The smallest absolute Gasteiger partial charge is 0.407 e. The topological polar surface area (TPSA) is 214 Å². The summed E-state index contributed by atoms with van der Waals surface area (Å²) in [6.07, 6.45) is 8.80. The molecule has 2 fully saturated rings. The van der Waals surface area contributed by atoms with Gasteiger partial charge < -0.3 is 38.7 Å². The first-order valence-corrected chi connectivity index (χ1v) is 25.8. The molecule has 3 aliphatic heterocycles. The third kappa shape index (κ3) is 12.5. The summed E-state index contributed by atoms with van der Waals surface area (Å²) < 4.78 is 35.4. The van der Waals surface area contributed by atoms with Crippen LogP contribution in [-0.4, -0.2) is 125 Å². The van der Waals surface area contributed by atoms with E-state index in [0.717, 1.165) is 17.7 Å². The molecule has 65 heavy (non-hydrogen) atoms. The molecule has 17 nitrogen and oxygen atoms in total. The van der Waals surface area contributed by atoms with Crippen LogP contribution in [0.1, 0.15) is 100 Å². The minimum absolute atomic E-state index is 0.000192. The zero-order valence-corrected chi connectivity index (χ0v) is 39.7. The van der Waals surface area contributed by atoms with E-state index >= 15 is 0 Å². The highest BCUT2D eigenvalue weighted by molar-refractivity contribution is 6.74. The zero-order chi connectivity index (χ0) is 47.1. The molecule has 356 valence electrons. The number of nitrogens with zero attached hydrogens (tertiary/aromatic N) is 1. The summed E-state index contributed by atoms with van der Waals surface area (Å²) >= 11 is 0. The normalized spacial score (nSPS) is 26.7. The van der Waals surface area contributed by atoms with Gasteiger partial charge in [0.2, 0.25) is 11.8 Å². The molecule has 0 radical (unpaired) electrons. The molecule has 3 N–H and O–H groups in total. The molecule has 18 heteroatoms. The van der Waals surface area contributed by atoms with Crippen LogP contribution in [0.3, 0.4) is 0 Å². The number of benzene rings is 1. The van der Waals surface area contributed by atoms with Gasteiger partial charge in [0.05, 0.1) is 50.1 Å². The van der Waals surface area contributed by atoms with Gasteiger partial charge in [0.15, 0.2) is 14.9 Å². The van der Waals surface area contributed by atoms with Crippen LogP contribution in [0.4, 0.5) is 4.79 Å². The molecule has 6 rings (SSSR count). The Hall–Kier alpha value is -4.91. The molecule has 8 atom stereocenters. The van der Waals surface area contributed by atoms with Gasteiger partial charge in [-0.25, -0.2) is 4.79 Å². The number of cyclic esters (lactones) is 1. The number of ether oxygens (including phenoxy) is 5. The fraction of sp³-hybridized carbons (Fsp3) is 0.638. The molecule has 0 saturated carbocycles. The number of hydrogen-bond acceptors (Lipinski definition) is 13. The quantitative estimate of drug-likeness (QED) is 0.0723. The van der Waals surface area contributed by atoms with Crippen LogP contribution < -0.4 is 20.7 Å². The Morgan fingerprint density at radius 1 is 0.938 bits per heavy atom. The number of carbonyl (C=O) groups is 7. The van der Waals surface area contributed by atoms with Gasteiger partial charge in [0.25, 0.3) is 17.7 Å². The van der Waals surface area contributed by atoms with Crippen LogP contribution >= 0.6 is 0 Å². The van der Waals surface area contributed by atoms with Crippen molar-refractivity contribution in [2.45, 2.75) is 122 Å². The fourth-order valence-corrected chi connectivity index (χ4v) is 10.5. The monoisotopic (exact) mass is 922 g/mol. The maximum Gasteiger partial charge on any atom is 0.407 e. The van der Waals surface area contributed by atoms with E-state index < -0.39 is 56.6 Å². The van der Waals surface area contributed by atoms with E-state index in [2.05, 4.69) is 81.9 Å². The Labute approximate surface area is 382 Å².